The fourth-order valence-electron chi connectivity index (χ4n) is 1.87. The van der Waals surface area contributed by atoms with Crippen molar-refractivity contribution in [3.05, 3.63) is 29.3 Å². The minimum Gasteiger partial charge on any atom is -0.478 e. The number of benzene rings is 1. The molecule has 0 aliphatic heterocycles. The molecule has 0 unspecified atom stereocenters. The van der Waals surface area contributed by atoms with Crippen molar-refractivity contribution >= 4 is 17.6 Å². The molecule has 1 amide bonds. The third-order valence-electron chi connectivity index (χ3n) is 3.10. The third-order valence-corrected chi connectivity index (χ3v) is 3.10. The van der Waals surface area contributed by atoms with E-state index in [1.54, 1.807) is 32.3 Å². The van der Waals surface area contributed by atoms with Crippen LogP contribution in [0.25, 0.3) is 0 Å². The number of carbonyl (C=O) groups excluding carboxylic acids is 1. The molecule has 0 saturated carbocycles. The summed E-state index contributed by atoms with van der Waals surface area (Å²) in [7, 11) is 3.39. The lowest BCUT2D eigenvalue weighted by molar-refractivity contribution is -0.130. The van der Waals surface area contributed by atoms with E-state index in [9.17, 15) is 14.7 Å². The second-order valence-electron chi connectivity index (χ2n) is 4.78. The molecule has 0 aliphatic rings. The molecule has 1 aromatic carbocycles. The zero-order valence-electron chi connectivity index (χ0n) is 12.1. The van der Waals surface area contributed by atoms with Crippen LogP contribution in [0.2, 0.25) is 0 Å². The molecule has 6 nitrogen and oxygen atoms in total. The van der Waals surface area contributed by atoms with Gasteiger partial charge in [0.25, 0.3) is 0 Å². The smallest absolute Gasteiger partial charge is 0.338 e. The number of carboxylic acids is 1. The normalized spacial score (nSPS) is 10.6. The lowest BCUT2D eigenvalue weighted by Gasteiger charge is -2.23. The van der Waals surface area contributed by atoms with Gasteiger partial charge in [0, 0.05) is 26.3 Å². The zero-order chi connectivity index (χ0) is 15.3. The molecule has 0 saturated heterocycles. The Bertz CT molecular complexity index is 500. The summed E-state index contributed by atoms with van der Waals surface area (Å²) in [6.07, 6.45) is 0. The minimum absolute atomic E-state index is 0.0207. The summed E-state index contributed by atoms with van der Waals surface area (Å²) >= 11 is 0. The van der Waals surface area contributed by atoms with Gasteiger partial charge in [0.15, 0.2) is 0 Å². The second kappa shape index (κ2) is 6.91. The van der Waals surface area contributed by atoms with Gasteiger partial charge in [0.1, 0.15) is 0 Å². The number of nitrogen functional groups attached to an aromatic ring is 1. The van der Waals surface area contributed by atoms with Gasteiger partial charge in [-0.05, 0) is 18.2 Å². The molecule has 0 bridgehead atoms. The van der Waals surface area contributed by atoms with E-state index in [1.165, 1.54) is 4.90 Å². The lowest BCUT2D eigenvalue weighted by atomic mass is 10.0. The monoisotopic (exact) mass is 279 g/mol. The van der Waals surface area contributed by atoms with Crippen molar-refractivity contribution in [2.24, 2.45) is 0 Å². The molecule has 20 heavy (non-hydrogen) atoms. The van der Waals surface area contributed by atoms with Gasteiger partial charge in [0.05, 0.1) is 12.1 Å². The van der Waals surface area contributed by atoms with Crippen LogP contribution in [0.15, 0.2) is 18.2 Å². The van der Waals surface area contributed by atoms with Crippen molar-refractivity contribution in [2.45, 2.75) is 13.5 Å². The fourth-order valence-corrected chi connectivity index (χ4v) is 1.87. The molecule has 0 aliphatic carbocycles. The predicted octanol–water partition coefficient (Wildman–Crippen LogP) is 0.877. The van der Waals surface area contributed by atoms with Crippen LogP contribution >= 0.6 is 0 Å². The maximum Gasteiger partial charge on any atom is 0.338 e. The van der Waals surface area contributed by atoms with Gasteiger partial charge in [-0.3, -0.25) is 9.69 Å². The molecule has 0 fully saturated rings. The summed E-state index contributed by atoms with van der Waals surface area (Å²) in [4.78, 5) is 26.4. The Balaban J connectivity index is 2.93. The molecule has 1 aromatic rings. The van der Waals surface area contributed by atoms with E-state index in [4.69, 9.17) is 5.73 Å². The van der Waals surface area contributed by atoms with Gasteiger partial charge in [-0.2, -0.15) is 0 Å². The number of carboxylic acid groups (broad SMARTS) is 1. The van der Waals surface area contributed by atoms with Gasteiger partial charge < -0.3 is 15.7 Å². The summed E-state index contributed by atoms with van der Waals surface area (Å²) in [5.74, 6) is -1.07. The number of anilines is 1. The summed E-state index contributed by atoms with van der Waals surface area (Å²) in [6.45, 7) is 3.20. The SMILES string of the molecule is CCN(CC(=O)N(C)C)Cc1cccc(N)c1C(=O)O. The molecular formula is C14H21N3O3. The van der Waals surface area contributed by atoms with Crippen LogP contribution in [0.5, 0.6) is 0 Å². The molecule has 6 heteroatoms. The van der Waals surface area contributed by atoms with Crippen molar-refractivity contribution in [3.63, 3.8) is 0 Å². The number of nitrogens with two attached hydrogens (primary N) is 1. The average Bonchev–Trinajstić information content (AvgIpc) is 2.37. The van der Waals surface area contributed by atoms with E-state index in [-0.39, 0.29) is 23.7 Å². The van der Waals surface area contributed by atoms with Crippen LogP contribution in [0.3, 0.4) is 0 Å². The van der Waals surface area contributed by atoms with E-state index in [0.717, 1.165) is 0 Å². The van der Waals surface area contributed by atoms with E-state index in [0.29, 0.717) is 18.7 Å². The number of hydrogen-bond donors (Lipinski definition) is 2. The Morgan fingerprint density at radius 3 is 2.45 bits per heavy atom. The first-order valence-corrected chi connectivity index (χ1v) is 6.40. The number of likely N-dealkylation sites (N-methyl/N-ethyl adjacent to an activating group) is 2. The number of amides is 1. The first-order valence-electron chi connectivity index (χ1n) is 6.40. The van der Waals surface area contributed by atoms with E-state index >= 15 is 0 Å². The number of aromatic carboxylic acids is 1. The van der Waals surface area contributed by atoms with E-state index in [1.807, 2.05) is 11.8 Å². The lowest BCUT2D eigenvalue weighted by Crippen LogP contribution is -2.36. The van der Waals surface area contributed by atoms with Crippen LogP contribution in [-0.2, 0) is 11.3 Å². The van der Waals surface area contributed by atoms with E-state index in [2.05, 4.69) is 0 Å². The number of hydrogen-bond acceptors (Lipinski definition) is 4. The first-order chi connectivity index (χ1) is 9.36. The highest BCUT2D eigenvalue weighted by molar-refractivity contribution is 5.95. The molecule has 110 valence electrons. The fraction of sp³-hybridized carbons (Fsp3) is 0.429. The molecule has 0 atom stereocenters. The van der Waals surface area contributed by atoms with Gasteiger partial charge in [-0.1, -0.05) is 19.1 Å². The molecule has 0 aromatic heterocycles. The first kappa shape index (κ1) is 16.0. The Kier molecular flexibility index (Phi) is 5.52. The van der Waals surface area contributed by atoms with Gasteiger partial charge >= 0.3 is 5.97 Å². The van der Waals surface area contributed by atoms with Crippen molar-refractivity contribution in [3.8, 4) is 0 Å². The highest BCUT2D eigenvalue weighted by atomic mass is 16.4. The van der Waals surface area contributed by atoms with Crippen LogP contribution in [0, 0.1) is 0 Å². The Labute approximate surface area is 118 Å². The average molecular weight is 279 g/mol. The minimum atomic E-state index is -1.05. The molecular weight excluding hydrogens is 258 g/mol. The van der Waals surface area contributed by atoms with Crippen molar-refractivity contribution < 1.29 is 14.7 Å². The highest BCUT2D eigenvalue weighted by Gasteiger charge is 2.17. The topological polar surface area (TPSA) is 86.9 Å². The summed E-state index contributed by atoms with van der Waals surface area (Å²) in [6, 6.07) is 5.01. The number of rotatable bonds is 6. The zero-order valence-corrected chi connectivity index (χ0v) is 12.1. The summed E-state index contributed by atoms with van der Waals surface area (Å²) in [5.41, 5.74) is 6.69. The largest absolute Gasteiger partial charge is 0.478 e. The van der Waals surface area contributed by atoms with Crippen molar-refractivity contribution in [1.29, 1.82) is 0 Å². The number of carbonyl (C=O) groups is 2. The van der Waals surface area contributed by atoms with Crippen molar-refractivity contribution in [1.82, 2.24) is 9.80 Å². The van der Waals surface area contributed by atoms with Crippen LogP contribution in [0.1, 0.15) is 22.8 Å². The highest BCUT2D eigenvalue weighted by Crippen LogP contribution is 2.18. The molecule has 0 heterocycles. The quantitative estimate of drug-likeness (QED) is 0.755. The Morgan fingerprint density at radius 2 is 1.95 bits per heavy atom. The second-order valence-corrected chi connectivity index (χ2v) is 4.78. The van der Waals surface area contributed by atoms with Gasteiger partial charge in [0.2, 0.25) is 5.91 Å². The molecule has 1 rings (SSSR count). The van der Waals surface area contributed by atoms with Crippen molar-refractivity contribution in [2.75, 3.05) is 32.9 Å². The predicted molar refractivity (Wildman–Crippen MR) is 77.5 cm³/mol. The van der Waals surface area contributed by atoms with Gasteiger partial charge in [-0.25, -0.2) is 4.79 Å². The van der Waals surface area contributed by atoms with Crippen LogP contribution in [-0.4, -0.2) is 54.0 Å². The maximum atomic E-state index is 11.7. The maximum absolute atomic E-state index is 11.7. The molecule has 3 N–H and O–H groups in total. The third kappa shape index (κ3) is 3.96. The molecule has 0 spiro atoms. The van der Waals surface area contributed by atoms with Crippen LogP contribution in [0.4, 0.5) is 5.69 Å². The Hall–Kier alpha value is -2.08. The molecule has 0 radical (unpaired) electrons. The summed E-state index contributed by atoms with van der Waals surface area (Å²) in [5, 5.41) is 9.23. The van der Waals surface area contributed by atoms with E-state index < -0.39 is 5.97 Å². The Morgan fingerprint density at radius 1 is 1.30 bits per heavy atom. The van der Waals surface area contributed by atoms with Gasteiger partial charge in [-0.15, -0.1) is 0 Å². The standard InChI is InChI=1S/C14H21N3O3/c1-4-17(9-12(18)16(2)3)8-10-6-5-7-11(15)13(10)14(19)20/h5-7H,4,8-9,15H2,1-3H3,(H,19,20). The number of nitrogens with zero attached hydrogens (tertiary/aromatic N) is 2. The van der Waals surface area contributed by atoms with Crippen LogP contribution < -0.4 is 5.73 Å². The summed E-state index contributed by atoms with van der Waals surface area (Å²) < 4.78 is 0.